The van der Waals surface area contributed by atoms with E-state index >= 15 is 0 Å². The lowest BCUT2D eigenvalue weighted by atomic mass is 10.2. The number of pyridine rings is 1. The average Bonchev–Trinajstić information content (AvgIpc) is 2.37. The summed E-state index contributed by atoms with van der Waals surface area (Å²) in [6.07, 6.45) is 1.59. The van der Waals surface area contributed by atoms with E-state index in [1.165, 1.54) is 18.2 Å². The lowest BCUT2D eigenvalue weighted by Crippen LogP contribution is -2.12. The van der Waals surface area contributed by atoms with Crippen LogP contribution in [-0.4, -0.2) is 21.1 Å². The molecule has 0 aliphatic heterocycles. The van der Waals surface area contributed by atoms with E-state index < -0.39 is 5.91 Å². The normalized spacial score (nSPS) is 10.2. The second kappa shape index (κ2) is 5.16. The van der Waals surface area contributed by atoms with Gasteiger partial charge in [0.05, 0.1) is 5.69 Å². The summed E-state index contributed by atoms with van der Waals surface area (Å²) in [6.45, 7) is 1.82. The Balaban J connectivity index is 2.25. The molecule has 98 valence electrons. The van der Waals surface area contributed by atoms with E-state index in [-0.39, 0.29) is 22.2 Å². The van der Waals surface area contributed by atoms with Gasteiger partial charge in [-0.1, -0.05) is 11.6 Å². The summed E-state index contributed by atoms with van der Waals surface area (Å²) in [5.74, 6) is -1.10. The quantitative estimate of drug-likeness (QED) is 0.583. The van der Waals surface area contributed by atoms with Crippen molar-refractivity contribution in [2.45, 2.75) is 6.92 Å². The molecule has 0 fully saturated rings. The van der Waals surface area contributed by atoms with Crippen LogP contribution in [0.5, 0.6) is 11.5 Å². The Morgan fingerprint density at radius 1 is 1.26 bits per heavy atom. The van der Waals surface area contributed by atoms with E-state index in [1.54, 1.807) is 12.3 Å². The maximum Gasteiger partial charge on any atom is 0.255 e. The highest BCUT2D eigenvalue weighted by Gasteiger charge is 2.11. The van der Waals surface area contributed by atoms with Gasteiger partial charge in [-0.3, -0.25) is 4.79 Å². The zero-order valence-corrected chi connectivity index (χ0v) is 10.8. The summed E-state index contributed by atoms with van der Waals surface area (Å²) in [6, 6.07) is 5.48. The van der Waals surface area contributed by atoms with Gasteiger partial charge in [0.15, 0.2) is 16.7 Å². The van der Waals surface area contributed by atoms with Gasteiger partial charge in [-0.25, -0.2) is 4.98 Å². The molecule has 0 bridgehead atoms. The van der Waals surface area contributed by atoms with Crippen molar-refractivity contribution in [1.82, 2.24) is 4.98 Å². The largest absolute Gasteiger partial charge is 0.504 e. The molecule has 0 saturated heterocycles. The third-order valence-corrected chi connectivity index (χ3v) is 2.76. The van der Waals surface area contributed by atoms with Gasteiger partial charge < -0.3 is 15.5 Å². The van der Waals surface area contributed by atoms with Crippen LogP contribution in [0.1, 0.15) is 15.9 Å². The Hall–Kier alpha value is -2.27. The molecule has 0 aliphatic rings. The summed E-state index contributed by atoms with van der Waals surface area (Å²) in [5, 5.41) is 21.3. The van der Waals surface area contributed by atoms with Gasteiger partial charge in [-0.15, -0.1) is 0 Å². The number of benzene rings is 1. The first-order valence-corrected chi connectivity index (χ1v) is 5.80. The molecular weight excluding hydrogens is 268 g/mol. The fourth-order valence-electron chi connectivity index (χ4n) is 1.50. The number of aryl methyl sites for hydroxylation is 1. The molecule has 1 heterocycles. The molecule has 0 saturated carbocycles. The van der Waals surface area contributed by atoms with Gasteiger partial charge >= 0.3 is 0 Å². The second-order valence-electron chi connectivity index (χ2n) is 4.01. The maximum absolute atomic E-state index is 12.0. The molecule has 5 nitrogen and oxygen atoms in total. The van der Waals surface area contributed by atoms with Crippen molar-refractivity contribution in [3.05, 3.63) is 46.7 Å². The van der Waals surface area contributed by atoms with E-state index in [9.17, 15) is 15.0 Å². The van der Waals surface area contributed by atoms with Crippen LogP contribution in [0.15, 0.2) is 30.5 Å². The minimum absolute atomic E-state index is 0.182. The van der Waals surface area contributed by atoms with Gasteiger partial charge in [0.1, 0.15) is 0 Å². The van der Waals surface area contributed by atoms with E-state index in [0.29, 0.717) is 5.69 Å². The highest BCUT2D eigenvalue weighted by molar-refractivity contribution is 6.32. The van der Waals surface area contributed by atoms with Crippen LogP contribution >= 0.6 is 11.6 Å². The predicted molar refractivity (Wildman–Crippen MR) is 71.7 cm³/mol. The van der Waals surface area contributed by atoms with Gasteiger partial charge in [-0.05, 0) is 36.8 Å². The topological polar surface area (TPSA) is 82.5 Å². The van der Waals surface area contributed by atoms with E-state index in [2.05, 4.69) is 10.3 Å². The van der Waals surface area contributed by atoms with Gasteiger partial charge in [0.2, 0.25) is 0 Å². The zero-order chi connectivity index (χ0) is 14.0. The number of anilines is 1. The van der Waals surface area contributed by atoms with Crippen molar-refractivity contribution in [3.8, 4) is 11.5 Å². The van der Waals surface area contributed by atoms with Crippen molar-refractivity contribution in [2.75, 3.05) is 5.32 Å². The SMILES string of the molecule is Cc1cnc(Cl)c(NC(=O)c2ccc(O)c(O)c2)c1. The number of halogens is 1. The number of hydrogen-bond acceptors (Lipinski definition) is 4. The number of nitrogens with zero attached hydrogens (tertiary/aromatic N) is 1. The lowest BCUT2D eigenvalue weighted by molar-refractivity contribution is 0.102. The van der Waals surface area contributed by atoms with Crippen LogP contribution in [0.2, 0.25) is 5.15 Å². The second-order valence-corrected chi connectivity index (χ2v) is 4.37. The summed E-state index contributed by atoms with van der Waals surface area (Å²) in [5.41, 5.74) is 1.44. The van der Waals surface area contributed by atoms with E-state index in [4.69, 9.17) is 11.6 Å². The number of aromatic hydroxyl groups is 2. The number of phenolic OH excluding ortho intramolecular Hbond substituents is 2. The molecule has 0 aliphatic carbocycles. The molecule has 1 aromatic heterocycles. The van der Waals surface area contributed by atoms with Gasteiger partial charge in [0.25, 0.3) is 5.91 Å². The molecule has 0 radical (unpaired) electrons. The fraction of sp³-hybridized carbons (Fsp3) is 0.0769. The summed E-state index contributed by atoms with van der Waals surface area (Å²) in [7, 11) is 0. The summed E-state index contributed by atoms with van der Waals surface area (Å²) in [4.78, 5) is 15.9. The number of nitrogens with one attached hydrogen (secondary N) is 1. The molecular formula is C13H11ClN2O3. The number of rotatable bonds is 2. The summed E-state index contributed by atoms with van der Waals surface area (Å²) < 4.78 is 0. The smallest absolute Gasteiger partial charge is 0.255 e. The molecule has 0 spiro atoms. The van der Waals surface area contributed by atoms with Crippen LogP contribution in [0.25, 0.3) is 0 Å². The number of phenols is 2. The lowest BCUT2D eigenvalue weighted by Gasteiger charge is -2.08. The number of amides is 1. The number of carbonyl (C=O) groups is 1. The Morgan fingerprint density at radius 2 is 2.00 bits per heavy atom. The zero-order valence-electron chi connectivity index (χ0n) is 10.0. The van der Waals surface area contributed by atoms with Crippen LogP contribution in [-0.2, 0) is 0 Å². The third-order valence-electron chi connectivity index (χ3n) is 2.46. The predicted octanol–water partition coefficient (Wildman–Crippen LogP) is 2.71. The molecule has 1 aromatic carbocycles. The van der Waals surface area contributed by atoms with Crippen LogP contribution in [0.4, 0.5) is 5.69 Å². The Labute approximate surface area is 114 Å². The number of hydrogen-bond donors (Lipinski definition) is 3. The molecule has 2 rings (SSSR count). The van der Waals surface area contributed by atoms with Crippen LogP contribution in [0, 0.1) is 6.92 Å². The molecule has 6 heteroatoms. The third kappa shape index (κ3) is 2.95. The molecule has 0 unspecified atom stereocenters. The van der Waals surface area contributed by atoms with Crippen molar-refractivity contribution in [3.63, 3.8) is 0 Å². The number of aromatic nitrogens is 1. The molecule has 0 atom stereocenters. The minimum atomic E-state index is -0.454. The first-order valence-electron chi connectivity index (χ1n) is 5.43. The fourth-order valence-corrected chi connectivity index (χ4v) is 1.65. The van der Waals surface area contributed by atoms with Crippen molar-refractivity contribution in [1.29, 1.82) is 0 Å². The monoisotopic (exact) mass is 278 g/mol. The van der Waals surface area contributed by atoms with Crippen LogP contribution in [0.3, 0.4) is 0 Å². The molecule has 19 heavy (non-hydrogen) atoms. The van der Waals surface area contributed by atoms with E-state index in [0.717, 1.165) is 5.56 Å². The molecule has 2 aromatic rings. The van der Waals surface area contributed by atoms with Gasteiger partial charge in [-0.2, -0.15) is 0 Å². The van der Waals surface area contributed by atoms with Crippen molar-refractivity contribution in [2.24, 2.45) is 0 Å². The van der Waals surface area contributed by atoms with Crippen molar-refractivity contribution < 1.29 is 15.0 Å². The minimum Gasteiger partial charge on any atom is -0.504 e. The van der Waals surface area contributed by atoms with E-state index in [1.807, 2.05) is 6.92 Å². The number of carbonyl (C=O) groups excluding carboxylic acids is 1. The standard InChI is InChI=1S/C13H11ClN2O3/c1-7-4-9(12(14)15-6-7)16-13(19)8-2-3-10(17)11(18)5-8/h2-6,17-18H,1H3,(H,16,19). The van der Waals surface area contributed by atoms with Gasteiger partial charge in [0, 0.05) is 11.8 Å². The van der Waals surface area contributed by atoms with Crippen molar-refractivity contribution >= 4 is 23.2 Å². The molecule has 1 amide bonds. The highest BCUT2D eigenvalue weighted by Crippen LogP contribution is 2.26. The average molecular weight is 279 g/mol. The summed E-state index contributed by atoms with van der Waals surface area (Å²) >= 11 is 5.87. The maximum atomic E-state index is 12.0. The first kappa shape index (κ1) is 13.2. The Bertz CT molecular complexity index is 644. The molecule has 3 N–H and O–H groups in total. The highest BCUT2D eigenvalue weighted by atomic mass is 35.5. The Kier molecular flexibility index (Phi) is 3.57. The Morgan fingerprint density at radius 3 is 2.68 bits per heavy atom. The first-order chi connectivity index (χ1) is 8.97. The van der Waals surface area contributed by atoms with Crippen LogP contribution < -0.4 is 5.32 Å².